The van der Waals surface area contributed by atoms with Crippen molar-refractivity contribution in [1.29, 1.82) is 0 Å². The molecule has 3 rings (SSSR count). The monoisotopic (exact) mass is 467 g/mol. The molecule has 1 fully saturated rings. The minimum absolute atomic E-state index is 0.203. The summed E-state index contributed by atoms with van der Waals surface area (Å²) in [4.78, 5) is 42.9. The fourth-order valence-electron chi connectivity index (χ4n) is 3.42. The van der Waals surface area contributed by atoms with Gasteiger partial charge in [0.25, 0.3) is 11.8 Å². The summed E-state index contributed by atoms with van der Waals surface area (Å²) < 4.78 is 5.26. The van der Waals surface area contributed by atoms with Crippen molar-refractivity contribution in [2.75, 3.05) is 6.54 Å². The maximum Gasteiger partial charge on any atom is 0.275 e. The first-order valence-corrected chi connectivity index (χ1v) is 11.7. The zero-order valence-electron chi connectivity index (χ0n) is 19.7. The number of benzene rings is 2. The molecular weight excluding hydrogens is 434 g/mol. The zero-order chi connectivity index (χ0) is 24.3. The molecule has 1 aliphatic rings. The second kappa shape index (κ2) is 12.9. The molecule has 0 spiro atoms. The Morgan fingerprint density at radius 1 is 0.882 bits per heavy atom. The molecule has 2 aromatic carbocycles. The van der Waals surface area contributed by atoms with Crippen molar-refractivity contribution in [2.24, 2.45) is 5.92 Å². The standard InChI is InChI=1S/C26H33N3O5/c1-18(2)15-16-27-24(30)21(14-13-19-9-5-3-6-10-19)28-25(31)22-23(34-22)26(32)29-33-17-20-11-7-4-8-12-20/h3-12,18,21-23H,13-17H2,1-2H3,(H,27,30)(H,28,31)(H,29,32)/t21-,22-,23-/m0/s1. The van der Waals surface area contributed by atoms with Crippen LogP contribution < -0.4 is 16.1 Å². The SMILES string of the molecule is CC(C)CCNC(=O)[C@H](CCc1ccccc1)NC(=O)[C@H]1O[C@@H]1C(=O)NOCc1ccccc1. The van der Waals surface area contributed by atoms with E-state index in [0.29, 0.717) is 25.3 Å². The van der Waals surface area contributed by atoms with Gasteiger partial charge in [0.15, 0.2) is 12.2 Å². The summed E-state index contributed by atoms with van der Waals surface area (Å²) in [7, 11) is 0. The van der Waals surface area contributed by atoms with Gasteiger partial charge in [-0.15, -0.1) is 0 Å². The minimum atomic E-state index is -0.942. The maximum atomic E-state index is 12.8. The van der Waals surface area contributed by atoms with Gasteiger partial charge in [-0.1, -0.05) is 74.5 Å². The highest BCUT2D eigenvalue weighted by atomic mass is 16.7. The topological polar surface area (TPSA) is 109 Å². The smallest absolute Gasteiger partial charge is 0.275 e. The van der Waals surface area contributed by atoms with E-state index in [2.05, 4.69) is 30.0 Å². The van der Waals surface area contributed by atoms with Crippen LogP contribution in [0, 0.1) is 5.92 Å². The lowest BCUT2D eigenvalue weighted by molar-refractivity contribution is -0.136. The fourth-order valence-corrected chi connectivity index (χ4v) is 3.42. The number of carbonyl (C=O) groups excluding carboxylic acids is 3. The van der Waals surface area contributed by atoms with Crippen LogP contribution in [0.5, 0.6) is 0 Å². The predicted octanol–water partition coefficient (Wildman–Crippen LogP) is 2.28. The van der Waals surface area contributed by atoms with Gasteiger partial charge in [-0.3, -0.25) is 19.2 Å². The summed E-state index contributed by atoms with van der Waals surface area (Å²) >= 11 is 0. The molecule has 0 saturated carbocycles. The molecule has 0 aliphatic carbocycles. The molecule has 1 aliphatic heterocycles. The van der Waals surface area contributed by atoms with Crippen LogP contribution in [-0.2, 0) is 37.0 Å². The minimum Gasteiger partial charge on any atom is -0.354 e. The van der Waals surface area contributed by atoms with Crippen molar-refractivity contribution in [2.45, 2.75) is 58.0 Å². The molecule has 0 unspecified atom stereocenters. The summed E-state index contributed by atoms with van der Waals surface area (Å²) in [5.41, 5.74) is 4.29. The van der Waals surface area contributed by atoms with Gasteiger partial charge in [0.1, 0.15) is 6.04 Å². The van der Waals surface area contributed by atoms with Crippen LogP contribution in [0.25, 0.3) is 0 Å². The number of epoxide rings is 1. The number of aryl methyl sites for hydroxylation is 1. The van der Waals surface area contributed by atoms with E-state index in [1.54, 1.807) is 0 Å². The molecule has 8 nitrogen and oxygen atoms in total. The van der Waals surface area contributed by atoms with Gasteiger partial charge >= 0.3 is 0 Å². The highest BCUT2D eigenvalue weighted by molar-refractivity contribution is 5.96. The molecule has 3 N–H and O–H groups in total. The number of carbonyl (C=O) groups is 3. The summed E-state index contributed by atoms with van der Waals surface area (Å²) in [6, 6.07) is 18.4. The lowest BCUT2D eigenvalue weighted by atomic mass is 10.0. The summed E-state index contributed by atoms with van der Waals surface area (Å²) in [6.07, 6.45) is 0.0406. The van der Waals surface area contributed by atoms with Gasteiger partial charge in [0.2, 0.25) is 5.91 Å². The first-order chi connectivity index (χ1) is 16.4. The van der Waals surface area contributed by atoms with E-state index in [-0.39, 0.29) is 12.5 Å². The average Bonchev–Trinajstić information content (AvgIpc) is 3.64. The van der Waals surface area contributed by atoms with Crippen molar-refractivity contribution < 1.29 is 24.0 Å². The Kier molecular flexibility index (Phi) is 9.61. The Morgan fingerprint density at radius 3 is 2.15 bits per heavy atom. The summed E-state index contributed by atoms with van der Waals surface area (Å²) in [5.74, 6) is -0.794. The van der Waals surface area contributed by atoms with Crippen LogP contribution in [0.1, 0.15) is 37.8 Å². The molecule has 0 bridgehead atoms. The van der Waals surface area contributed by atoms with Crippen molar-refractivity contribution >= 4 is 17.7 Å². The summed E-state index contributed by atoms with van der Waals surface area (Å²) in [5, 5.41) is 5.66. The fraction of sp³-hybridized carbons (Fsp3) is 0.423. The molecule has 1 saturated heterocycles. The molecule has 182 valence electrons. The second-order valence-corrected chi connectivity index (χ2v) is 8.78. The van der Waals surface area contributed by atoms with Crippen LogP contribution in [-0.4, -0.2) is 42.5 Å². The molecule has 8 heteroatoms. The molecule has 34 heavy (non-hydrogen) atoms. The molecule has 1 heterocycles. The average molecular weight is 468 g/mol. The highest BCUT2D eigenvalue weighted by Crippen LogP contribution is 2.23. The normalized spacial score (nSPS) is 17.6. The Balaban J connectivity index is 1.48. The summed E-state index contributed by atoms with van der Waals surface area (Å²) in [6.45, 7) is 4.91. The first-order valence-electron chi connectivity index (χ1n) is 11.7. The lowest BCUT2D eigenvalue weighted by Crippen LogP contribution is -2.49. The Hall–Kier alpha value is -3.23. The van der Waals surface area contributed by atoms with Crippen LogP contribution >= 0.6 is 0 Å². The first kappa shape index (κ1) is 25.4. The van der Waals surface area contributed by atoms with Gasteiger partial charge in [0, 0.05) is 6.54 Å². The van der Waals surface area contributed by atoms with Gasteiger partial charge in [-0.05, 0) is 36.3 Å². The quantitative estimate of drug-likeness (QED) is 0.309. The van der Waals surface area contributed by atoms with E-state index in [9.17, 15) is 14.4 Å². The largest absolute Gasteiger partial charge is 0.354 e. The number of hydroxylamine groups is 1. The number of nitrogens with one attached hydrogen (secondary N) is 3. The molecule has 3 atom stereocenters. The second-order valence-electron chi connectivity index (χ2n) is 8.78. The molecule has 2 aromatic rings. The van der Waals surface area contributed by atoms with E-state index < -0.39 is 30.1 Å². The number of ether oxygens (including phenoxy) is 1. The van der Waals surface area contributed by atoms with Gasteiger partial charge < -0.3 is 15.4 Å². The lowest BCUT2D eigenvalue weighted by Gasteiger charge is -2.18. The van der Waals surface area contributed by atoms with E-state index >= 15 is 0 Å². The third kappa shape index (κ3) is 8.28. The molecule has 0 radical (unpaired) electrons. The zero-order valence-corrected chi connectivity index (χ0v) is 19.7. The van der Waals surface area contributed by atoms with Crippen LogP contribution in [0.4, 0.5) is 0 Å². The predicted molar refractivity (Wildman–Crippen MR) is 127 cm³/mol. The van der Waals surface area contributed by atoms with Crippen molar-refractivity contribution in [3.63, 3.8) is 0 Å². The van der Waals surface area contributed by atoms with Gasteiger partial charge in [-0.25, -0.2) is 5.48 Å². The van der Waals surface area contributed by atoms with Crippen LogP contribution in [0.3, 0.4) is 0 Å². The maximum absolute atomic E-state index is 12.8. The number of rotatable bonds is 13. The molecule has 0 aromatic heterocycles. The molecule has 3 amide bonds. The van der Waals surface area contributed by atoms with E-state index in [4.69, 9.17) is 9.57 Å². The number of amides is 3. The van der Waals surface area contributed by atoms with Crippen LogP contribution in [0.2, 0.25) is 0 Å². The third-order valence-corrected chi connectivity index (χ3v) is 5.48. The van der Waals surface area contributed by atoms with Gasteiger partial charge in [-0.2, -0.15) is 0 Å². The molecular formula is C26H33N3O5. The van der Waals surface area contributed by atoms with Crippen molar-refractivity contribution in [1.82, 2.24) is 16.1 Å². The van der Waals surface area contributed by atoms with E-state index in [1.807, 2.05) is 60.7 Å². The third-order valence-electron chi connectivity index (χ3n) is 5.48. The Bertz CT molecular complexity index is 936. The van der Waals surface area contributed by atoms with Crippen molar-refractivity contribution in [3.05, 3.63) is 71.8 Å². The highest BCUT2D eigenvalue weighted by Gasteiger charge is 2.51. The van der Waals surface area contributed by atoms with E-state index in [0.717, 1.165) is 17.5 Å². The van der Waals surface area contributed by atoms with Gasteiger partial charge in [0.05, 0.1) is 6.61 Å². The van der Waals surface area contributed by atoms with Crippen LogP contribution in [0.15, 0.2) is 60.7 Å². The number of hydrogen-bond donors (Lipinski definition) is 3. The Labute approximate surface area is 200 Å². The Morgan fingerprint density at radius 2 is 1.50 bits per heavy atom. The number of hydrogen-bond acceptors (Lipinski definition) is 5. The van der Waals surface area contributed by atoms with Crippen molar-refractivity contribution in [3.8, 4) is 0 Å². The van der Waals surface area contributed by atoms with E-state index in [1.165, 1.54) is 0 Å².